The first kappa shape index (κ1) is 12.9. The largest absolute Gasteiger partial charge is 0.343 e. The standard InChI is InChI=1S/C16H20N4/c1-12(17)7-14-11-20(10-13-8-18-19(2)9-13)16-6-4-3-5-15(14)16/h3-6,8-9,11-12H,7,10,17H2,1-2H3. The van der Waals surface area contributed by atoms with Crippen molar-refractivity contribution in [2.24, 2.45) is 12.8 Å². The summed E-state index contributed by atoms with van der Waals surface area (Å²) in [6.07, 6.45) is 7.10. The van der Waals surface area contributed by atoms with Crippen molar-refractivity contribution in [2.75, 3.05) is 0 Å². The summed E-state index contributed by atoms with van der Waals surface area (Å²) in [5.41, 5.74) is 9.74. The molecule has 2 heterocycles. The van der Waals surface area contributed by atoms with E-state index in [0.29, 0.717) is 0 Å². The van der Waals surface area contributed by atoms with Crippen molar-refractivity contribution < 1.29 is 0 Å². The Morgan fingerprint density at radius 2 is 2.05 bits per heavy atom. The minimum absolute atomic E-state index is 0.174. The molecule has 104 valence electrons. The molecule has 1 atom stereocenters. The van der Waals surface area contributed by atoms with E-state index in [2.05, 4.69) is 46.3 Å². The smallest absolute Gasteiger partial charge is 0.0539 e. The molecule has 3 rings (SSSR count). The molecule has 0 fully saturated rings. The van der Waals surface area contributed by atoms with Gasteiger partial charge in [-0.2, -0.15) is 5.10 Å². The Kier molecular flexibility index (Phi) is 3.32. The van der Waals surface area contributed by atoms with Gasteiger partial charge in [-0.1, -0.05) is 18.2 Å². The number of aromatic nitrogens is 3. The van der Waals surface area contributed by atoms with Gasteiger partial charge in [0.15, 0.2) is 0 Å². The maximum atomic E-state index is 5.96. The van der Waals surface area contributed by atoms with Crippen LogP contribution in [0.5, 0.6) is 0 Å². The number of benzene rings is 1. The average molecular weight is 268 g/mol. The van der Waals surface area contributed by atoms with Gasteiger partial charge in [0.1, 0.15) is 0 Å². The van der Waals surface area contributed by atoms with Crippen LogP contribution < -0.4 is 5.73 Å². The van der Waals surface area contributed by atoms with Gasteiger partial charge >= 0.3 is 0 Å². The second-order valence-corrected chi connectivity index (χ2v) is 5.50. The molecule has 1 unspecified atom stereocenters. The molecule has 0 aliphatic carbocycles. The van der Waals surface area contributed by atoms with Gasteiger partial charge < -0.3 is 10.3 Å². The lowest BCUT2D eigenvalue weighted by atomic mass is 10.1. The number of hydrogen-bond acceptors (Lipinski definition) is 2. The molecule has 2 N–H and O–H groups in total. The Morgan fingerprint density at radius 1 is 1.25 bits per heavy atom. The third kappa shape index (κ3) is 2.47. The molecule has 0 radical (unpaired) electrons. The van der Waals surface area contributed by atoms with Crippen molar-refractivity contribution in [3.05, 3.63) is 54.0 Å². The molecule has 2 aromatic heterocycles. The van der Waals surface area contributed by atoms with E-state index in [0.717, 1.165) is 13.0 Å². The van der Waals surface area contributed by atoms with Crippen molar-refractivity contribution in [1.29, 1.82) is 0 Å². The van der Waals surface area contributed by atoms with Gasteiger partial charge in [0.2, 0.25) is 0 Å². The van der Waals surface area contributed by atoms with Gasteiger partial charge in [0, 0.05) is 41.9 Å². The van der Waals surface area contributed by atoms with Gasteiger partial charge in [-0.25, -0.2) is 0 Å². The van der Waals surface area contributed by atoms with E-state index in [9.17, 15) is 0 Å². The Morgan fingerprint density at radius 3 is 2.75 bits per heavy atom. The molecule has 3 aromatic rings. The Balaban J connectivity index is 2.02. The summed E-state index contributed by atoms with van der Waals surface area (Å²) in [6.45, 7) is 2.89. The molecule has 0 aliphatic rings. The summed E-state index contributed by atoms with van der Waals surface area (Å²) in [4.78, 5) is 0. The number of aryl methyl sites for hydroxylation is 1. The van der Waals surface area contributed by atoms with Crippen LogP contribution in [0.25, 0.3) is 10.9 Å². The fourth-order valence-electron chi connectivity index (χ4n) is 2.71. The van der Waals surface area contributed by atoms with Gasteiger partial charge in [-0.3, -0.25) is 4.68 Å². The van der Waals surface area contributed by atoms with E-state index >= 15 is 0 Å². The minimum Gasteiger partial charge on any atom is -0.343 e. The number of rotatable bonds is 4. The van der Waals surface area contributed by atoms with Crippen LogP contribution in [0.2, 0.25) is 0 Å². The molecular formula is C16H20N4. The van der Waals surface area contributed by atoms with Crippen molar-refractivity contribution in [3.63, 3.8) is 0 Å². The fraction of sp³-hybridized carbons (Fsp3) is 0.312. The maximum Gasteiger partial charge on any atom is 0.0539 e. The molecular weight excluding hydrogens is 248 g/mol. The van der Waals surface area contributed by atoms with Crippen LogP contribution in [0.4, 0.5) is 0 Å². The summed E-state index contributed by atoms with van der Waals surface area (Å²) in [7, 11) is 1.94. The van der Waals surface area contributed by atoms with E-state index in [1.165, 1.54) is 22.0 Å². The SMILES string of the molecule is CC(N)Cc1cn(Cc2cnn(C)c2)c2ccccc12. The van der Waals surface area contributed by atoms with E-state index in [4.69, 9.17) is 5.73 Å². The first-order chi connectivity index (χ1) is 9.63. The van der Waals surface area contributed by atoms with Crippen molar-refractivity contribution >= 4 is 10.9 Å². The maximum absolute atomic E-state index is 5.96. The number of hydrogen-bond donors (Lipinski definition) is 1. The summed E-state index contributed by atoms with van der Waals surface area (Å²) >= 11 is 0. The lowest BCUT2D eigenvalue weighted by Crippen LogP contribution is -2.17. The molecule has 1 aromatic carbocycles. The molecule has 20 heavy (non-hydrogen) atoms. The third-order valence-corrected chi connectivity index (χ3v) is 3.52. The number of para-hydroxylation sites is 1. The van der Waals surface area contributed by atoms with E-state index < -0.39 is 0 Å². The fourth-order valence-corrected chi connectivity index (χ4v) is 2.71. The Labute approximate surface area is 118 Å². The van der Waals surface area contributed by atoms with Crippen molar-refractivity contribution in [3.8, 4) is 0 Å². The monoisotopic (exact) mass is 268 g/mol. The first-order valence-electron chi connectivity index (χ1n) is 6.93. The molecule has 0 spiro atoms. The second-order valence-electron chi connectivity index (χ2n) is 5.50. The lowest BCUT2D eigenvalue weighted by molar-refractivity contribution is 0.734. The lowest BCUT2D eigenvalue weighted by Gasteiger charge is -2.02. The zero-order chi connectivity index (χ0) is 14.1. The highest BCUT2D eigenvalue weighted by atomic mass is 15.2. The first-order valence-corrected chi connectivity index (χ1v) is 6.93. The second kappa shape index (κ2) is 5.13. The molecule has 0 aliphatic heterocycles. The van der Waals surface area contributed by atoms with Gasteiger partial charge in [-0.05, 0) is 25.0 Å². The Bertz CT molecular complexity index is 721. The zero-order valence-corrected chi connectivity index (χ0v) is 12.0. The normalized spacial score (nSPS) is 12.9. The summed E-state index contributed by atoms with van der Waals surface area (Å²) < 4.78 is 4.12. The highest BCUT2D eigenvalue weighted by Crippen LogP contribution is 2.23. The molecule has 0 saturated carbocycles. The minimum atomic E-state index is 0.174. The van der Waals surface area contributed by atoms with Crippen LogP contribution in [-0.2, 0) is 20.0 Å². The zero-order valence-electron chi connectivity index (χ0n) is 12.0. The van der Waals surface area contributed by atoms with Crippen molar-refractivity contribution in [1.82, 2.24) is 14.3 Å². The number of nitrogens with zero attached hydrogens (tertiary/aromatic N) is 3. The molecule has 0 bridgehead atoms. The summed E-state index contributed by atoms with van der Waals surface area (Å²) in [5, 5.41) is 5.53. The predicted molar refractivity (Wildman–Crippen MR) is 81.6 cm³/mol. The van der Waals surface area contributed by atoms with Crippen LogP contribution in [0, 0.1) is 0 Å². The predicted octanol–water partition coefficient (Wildman–Crippen LogP) is 2.31. The van der Waals surface area contributed by atoms with Gasteiger partial charge in [-0.15, -0.1) is 0 Å². The van der Waals surface area contributed by atoms with Gasteiger partial charge in [0.05, 0.1) is 12.7 Å². The van der Waals surface area contributed by atoms with E-state index in [1.54, 1.807) is 0 Å². The van der Waals surface area contributed by atoms with E-state index in [-0.39, 0.29) is 6.04 Å². The van der Waals surface area contributed by atoms with Crippen LogP contribution in [0.3, 0.4) is 0 Å². The Hall–Kier alpha value is -2.07. The highest BCUT2D eigenvalue weighted by Gasteiger charge is 2.10. The quantitative estimate of drug-likeness (QED) is 0.789. The highest BCUT2D eigenvalue weighted by molar-refractivity contribution is 5.84. The average Bonchev–Trinajstić information content (AvgIpc) is 2.95. The van der Waals surface area contributed by atoms with Crippen LogP contribution >= 0.6 is 0 Å². The van der Waals surface area contributed by atoms with Gasteiger partial charge in [0.25, 0.3) is 0 Å². The number of nitrogens with two attached hydrogens (primary N) is 1. The topological polar surface area (TPSA) is 48.8 Å². The molecule has 4 heteroatoms. The molecule has 0 amide bonds. The molecule has 4 nitrogen and oxygen atoms in total. The van der Waals surface area contributed by atoms with Crippen LogP contribution in [-0.4, -0.2) is 20.4 Å². The summed E-state index contributed by atoms with van der Waals surface area (Å²) in [6, 6.07) is 8.68. The van der Waals surface area contributed by atoms with E-state index in [1.807, 2.05) is 24.9 Å². The third-order valence-electron chi connectivity index (χ3n) is 3.52. The van der Waals surface area contributed by atoms with Crippen LogP contribution in [0.15, 0.2) is 42.9 Å². The molecule has 0 saturated heterocycles. The summed E-state index contributed by atoms with van der Waals surface area (Å²) in [5.74, 6) is 0. The number of fused-ring (bicyclic) bond motifs is 1. The van der Waals surface area contributed by atoms with Crippen LogP contribution in [0.1, 0.15) is 18.1 Å². The van der Waals surface area contributed by atoms with Crippen molar-refractivity contribution in [2.45, 2.75) is 25.9 Å².